The van der Waals surface area contributed by atoms with Crippen LogP contribution in [0, 0.1) is 45.3 Å². The first kappa shape index (κ1) is 53.2. The summed E-state index contributed by atoms with van der Waals surface area (Å²) in [5, 5.41) is 144. The lowest BCUT2D eigenvalue weighted by atomic mass is 9.35. The minimum absolute atomic E-state index is 0.0352. The Morgan fingerprint density at radius 1 is 0.588 bits per heavy atom. The van der Waals surface area contributed by atoms with Crippen molar-refractivity contribution in [3.8, 4) is 0 Å². The fourth-order valence-electron chi connectivity index (χ4n) is 15.5. The lowest BCUT2D eigenvalue weighted by Gasteiger charge is -2.70. The summed E-state index contributed by atoms with van der Waals surface area (Å²) in [7, 11) is 0. The van der Waals surface area contributed by atoms with Crippen molar-refractivity contribution in [2.45, 2.75) is 222 Å². The Morgan fingerprint density at radius 2 is 1.10 bits per heavy atom. The molecule has 0 aromatic carbocycles. The SMILES string of the molecule is CC(C)=CC[C@H]1O[C@]2(O)C([C@H]3CCC4[C@@]5(C)CC[C@H](OC6OC(CO)C(O)C(O)C6OC6OC(CO)C(O)C(O)C6OC6OC(CO)C(O)C(O)C6O)C(C)(C)C5CC[C@@]4(C)[C@]3(C)[C@H]2O)[C@@]1(C)O. The van der Waals surface area contributed by atoms with Crippen molar-refractivity contribution >= 4 is 0 Å². The van der Waals surface area contributed by atoms with Crippen LogP contribution in [0.25, 0.3) is 0 Å². The van der Waals surface area contributed by atoms with Gasteiger partial charge in [-0.25, -0.2) is 0 Å². The first-order chi connectivity index (χ1) is 31.7. The molecule has 4 saturated heterocycles. The van der Waals surface area contributed by atoms with E-state index in [2.05, 4.69) is 34.6 Å². The predicted molar refractivity (Wildman–Crippen MR) is 234 cm³/mol. The van der Waals surface area contributed by atoms with Crippen LogP contribution in [-0.4, -0.2) is 208 Å². The summed E-state index contributed by atoms with van der Waals surface area (Å²) in [5.74, 6) is -2.74. The smallest absolute Gasteiger partial charge is 0.198 e. The van der Waals surface area contributed by atoms with Crippen molar-refractivity contribution < 1.29 is 99.5 Å². The molecule has 392 valence electrons. The van der Waals surface area contributed by atoms with Crippen LogP contribution in [0.2, 0.25) is 0 Å². The van der Waals surface area contributed by atoms with Crippen molar-refractivity contribution in [2.24, 2.45) is 45.3 Å². The summed E-state index contributed by atoms with van der Waals surface area (Å²) in [6, 6.07) is 0. The maximum absolute atomic E-state index is 12.5. The number of fused-ring (bicyclic) bond motifs is 7. The van der Waals surface area contributed by atoms with Crippen molar-refractivity contribution in [2.75, 3.05) is 19.8 Å². The third kappa shape index (κ3) is 7.93. The second-order valence-electron chi connectivity index (χ2n) is 23.3. The van der Waals surface area contributed by atoms with Gasteiger partial charge in [0.25, 0.3) is 0 Å². The van der Waals surface area contributed by atoms with E-state index >= 15 is 0 Å². The highest BCUT2D eigenvalue weighted by molar-refractivity contribution is 5.27. The van der Waals surface area contributed by atoms with Crippen LogP contribution in [0.4, 0.5) is 0 Å². The molecule has 0 aromatic rings. The number of aliphatic hydroxyl groups is 13. The zero-order valence-electron chi connectivity index (χ0n) is 40.5. The highest BCUT2D eigenvalue weighted by Gasteiger charge is 2.81. The summed E-state index contributed by atoms with van der Waals surface area (Å²) in [6.45, 7) is 14.2. The molecule has 8 rings (SSSR count). The van der Waals surface area contributed by atoms with Crippen LogP contribution in [-0.2, 0) is 33.2 Å². The fraction of sp³-hybridized carbons (Fsp3) is 0.958. The molecule has 0 spiro atoms. The quantitative estimate of drug-likeness (QED) is 0.0809. The standard InChI is InChI=1S/C48H80O20/c1-20(2)9-12-28-47(8,60)38-21-10-11-26-44(5)15-14-27(43(3,4)25(44)13-16-45(26,6)46(21,7)42(59)48(38,61)68-28)65-40-36(33(56)30(53)23(18-50)63-40)67-41-37(34(57)31(54)24(19-51)64-41)66-39-35(58)32(55)29(52)22(17-49)62-39/h9,21-42,49-61H,10-19H2,1-8H3/t21-,22?,23?,24?,25?,26?,27+,28-,29?,30?,31?,32?,33?,34?,35?,36?,37?,38?,39?,40?,41?,42-,44+,45-,46+,47+,48-/m1/s1. The van der Waals surface area contributed by atoms with Gasteiger partial charge in [0.1, 0.15) is 79.4 Å². The number of ether oxygens (including phenoxy) is 7. The van der Waals surface area contributed by atoms with E-state index in [4.69, 9.17) is 33.2 Å². The van der Waals surface area contributed by atoms with Crippen molar-refractivity contribution in [3.63, 3.8) is 0 Å². The lowest BCUT2D eigenvalue weighted by Crippen LogP contribution is -2.68. The average molecular weight is 977 g/mol. The van der Waals surface area contributed by atoms with Gasteiger partial charge in [0, 0.05) is 5.41 Å². The molecule has 0 radical (unpaired) electrons. The maximum Gasteiger partial charge on any atom is 0.198 e. The molecule has 0 bridgehead atoms. The van der Waals surface area contributed by atoms with Gasteiger partial charge in [0.15, 0.2) is 24.7 Å². The van der Waals surface area contributed by atoms with Gasteiger partial charge in [0.05, 0.1) is 43.5 Å². The molecule has 8 fully saturated rings. The van der Waals surface area contributed by atoms with Crippen molar-refractivity contribution in [1.29, 1.82) is 0 Å². The molecular formula is C48H80O20. The first-order valence-corrected chi connectivity index (χ1v) is 24.7. The van der Waals surface area contributed by atoms with E-state index in [9.17, 15) is 66.4 Å². The van der Waals surface area contributed by atoms with Crippen molar-refractivity contribution in [1.82, 2.24) is 0 Å². The number of rotatable bonds is 11. The highest BCUT2D eigenvalue weighted by Crippen LogP contribution is 2.78. The van der Waals surface area contributed by atoms with E-state index in [0.29, 0.717) is 32.1 Å². The minimum Gasteiger partial charge on any atom is -0.394 e. The molecule has 20 nitrogen and oxygen atoms in total. The van der Waals surface area contributed by atoms with E-state index < -0.39 is 164 Å². The minimum atomic E-state index is -1.93. The fourth-order valence-corrected chi connectivity index (χ4v) is 15.5. The van der Waals surface area contributed by atoms with Crippen LogP contribution >= 0.6 is 0 Å². The molecule has 0 aromatic heterocycles. The molecule has 4 aliphatic heterocycles. The Kier molecular flexibility index (Phi) is 14.6. The molecule has 20 heteroatoms. The largest absolute Gasteiger partial charge is 0.394 e. The van der Waals surface area contributed by atoms with Gasteiger partial charge in [-0.1, -0.05) is 46.3 Å². The molecular weight excluding hydrogens is 897 g/mol. The van der Waals surface area contributed by atoms with Crippen LogP contribution < -0.4 is 0 Å². The van der Waals surface area contributed by atoms with E-state index in [1.54, 1.807) is 6.92 Å². The van der Waals surface area contributed by atoms with E-state index in [0.717, 1.165) is 18.4 Å². The van der Waals surface area contributed by atoms with Gasteiger partial charge in [-0.15, -0.1) is 0 Å². The van der Waals surface area contributed by atoms with Gasteiger partial charge >= 0.3 is 0 Å². The topological polar surface area (TPSA) is 328 Å². The molecule has 68 heavy (non-hydrogen) atoms. The Hall–Kier alpha value is -1.06. The first-order valence-electron chi connectivity index (χ1n) is 24.7. The average Bonchev–Trinajstić information content (AvgIpc) is 3.60. The van der Waals surface area contributed by atoms with Gasteiger partial charge in [-0.05, 0) is 99.7 Å². The normalized spacial score (nSPS) is 56.5. The second-order valence-corrected chi connectivity index (χ2v) is 23.3. The van der Waals surface area contributed by atoms with Crippen LogP contribution in [0.5, 0.6) is 0 Å². The third-order valence-electron chi connectivity index (χ3n) is 19.3. The van der Waals surface area contributed by atoms with Crippen LogP contribution in [0.3, 0.4) is 0 Å². The second kappa shape index (κ2) is 18.7. The molecule has 27 atom stereocenters. The monoisotopic (exact) mass is 977 g/mol. The summed E-state index contributed by atoms with van der Waals surface area (Å²) in [5.41, 5.74) is -2.51. The van der Waals surface area contributed by atoms with Gasteiger partial charge in [-0.2, -0.15) is 0 Å². The number of hydrogen-bond donors (Lipinski definition) is 13. The van der Waals surface area contributed by atoms with E-state index in [1.165, 1.54) is 0 Å². The molecule has 18 unspecified atom stereocenters. The third-order valence-corrected chi connectivity index (χ3v) is 19.3. The van der Waals surface area contributed by atoms with E-state index in [1.807, 2.05) is 19.9 Å². The number of aliphatic hydroxyl groups excluding tert-OH is 11. The Morgan fingerprint density at radius 3 is 1.65 bits per heavy atom. The number of hydrogen-bond acceptors (Lipinski definition) is 20. The molecule has 4 saturated carbocycles. The van der Waals surface area contributed by atoms with Gasteiger partial charge in [-0.3, -0.25) is 0 Å². The Bertz CT molecular complexity index is 1810. The summed E-state index contributed by atoms with van der Waals surface area (Å²) >= 11 is 0. The lowest BCUT2D eigenvalue weighted by molar-refractivity contribution is -0.398. The summed E-state index contributed by atoms with van der Waals surface area (Å²) in [6.07, 6.45) is -21.6. The van der Waals surface area contributed by atoms with E-state index in [-0.39, 0.29) is 23.2 Å². The molecule has 0 amide bonds. The summed E-state index contributed by atoms with van der Waals surface area (Å²) in [4.78, 5) is 0. The highest BCUT2D eigenvalue weighted by atomic mass is 16.8. The molecule has 4 aliphatic carbocycles. The number of allylic oxidation sites excluding steroid dienone is 1. The molecule has 4 heterocycles. The van der Waals surface area contributed by atoms with Crippen LogP contribution in [0.1, 0.15) is 100 Å². The Labute approximate surface area is 397 Å². The van der Waals surface area contributed by atoms with Crippen LogP contribution in [0.15, 0.2) is 11.6 Å². The maximum atomic E-state index is 12.5. The zero-order valence-corrected chi connectivity index (χ0v) is 40.5. The van der Waals surface area contributed by atoms with Gasteiger partial charge in [0.2, 0.25) is 0 Å². The molecule has 13 N–H and O–H groups in total. The Balaban J connectivity index is 1.04. The molecule has 8 aliphatic rings. The predicted octanol–water partition coefficient (Wildman–Crippen LogP) is -1.72. The van der Waals surface area contributed by atoms with Crippen molar-refractivity contribution in [3.05, 3.63) is 11.6 Å². The zero-order chi connectivity index (χ0) is 50.0. The van der Waals surface area contributed by atoms with Gasteiger partial charge < -0.3 is 99.5 Å². The summed E-state index contributed by atoms with van der Waals surface area (Å²) < 4.78 is 42.9.